The second kappa shape index (κ2) is 5.16. The van der Waals surface area contributed by atoms with E-state index in [1.54, 1.807) is 17.0 Å². The van der Waals surface area contributed by atoms with Crippen LogP contribution in [-0.4, -0.2) is 12.5 Å². The van der Waals surface area contributed by atoms with Gasteiger partial charge in [0.25, 0.3) is 0 Å². The molecule has 0 fully saturated rings. The Morgan fingerprint density at radius 1 is 1.19 bits per heavy atom. The Balaban J connectivity index is 1.81. The third-order valence-corrected chi connectivity index (χ3v) is 3.66. The molecular formula is C16H14F2N2O. The van der Waals surface area contributed by atoms with Gasteiger partial charge in [-0.3, -0.25) is 4.79 Å². The quantitative estimate of drug-likeness (QED) is 0.864. The van der Waals surface area contributed by atoms with Crippen molar-refractivity contribution in [3.63, 3.8) is 0 Å². The van der Waals surface area contributed by atoms with Gasteiger partial charge < -0.3 is 10.6 Å². The highest BCUT2D eigenvalue weighted by Gasteiger charge is 2.25. The first-order valence-electron chi connectivity index (χ1n) is 6.67. The minimum atomic E-state index is -0.694. The van der Waals surface area contributed by atoms with E-state index in [0.29, 0.717) is 12.2 Å². The second-order valence-electron chi connectivity index (χ2n) is 5.10. The zero-order valence-corrected chi connectivity index (χ0v) is 11.3. The van der Waals surface area contributed by atoms with E-state index >= 15 is 0 Å². The molecule has 0 bridgehead atoms. The van der Waals surface area contributed by atoms with Crippen LogP contribution >= 0.6 is 0 Å². The van der Waals surface area contributed by atoms with Gasteiger partial charge in [0.1, 0.15) is 11.6 Å². The summed E-state index contributed by atoms with van der Waals surface area (Å²) in [6.07, 6.45) is 0.647. The number of hydrogen-bond donors (Lipinski definition) is 1. The number of halogens is 2. The zero-order valence-electron chi connectivity index (χ0n) is 11.3. The smallest absolute Gasteiger partial charge is 0.231 e. The van der Waals surface area contributed by atoms with E-state index in [2.05, 4.69) is 0 Å². The molecule has 0 aromatic heterocycles. The molecular weight excluding hydrogens is 274 g/mol. The van der Waals surface area contributed by atoms with Crippen LogP contribution in [-0.2, 0) is 17.6 Å². The molecule has 0 aliphatic carbocycles. The van der Waals surface area contributed by atoms with E-state index in [4.69, 9.17) is 5.73 Å². The minimum Gasteiger partial charge on any atom is -0.399 e. The van der Waals surface area contributed by atoms with Crippen LogP contribution in [0.25, 0.3) is 0 Å². The lowest BCUT2D eigenvalue weighted by Gasteiger charge is -2.17. The van der Waals surface area contributed by atoms with E-state index < -0.39 is 11.6 Å². The van der Waals surface area contributed by atoms with Gasteiger partial charge in [0.2, 0.25) is 5.91 Å². The molecule has 0 radical (unpaired) electrons. The summed E-state index contributed by atoms with van der Waals surface area (Å²) in [6, 6.07) is 8.65. The Hall–Kier alpha value is -2.43. The van der Waals surface area contributed by atoms with Crippen LogP contribution in [0.2, 0.25) is 0 Å². The lowest BCUT2D eigenvalue weighted by molar-refractivity contribution is -0.117. The number of nitrogens with two attached hydrogens (primary N) is 1. The maximum atomic E-state index is 13.6. The summed E-state index contributed by atoms with van der Waals surface area (Å²) in [7, 11) is 0. The molecule has 1 aliphatic heterocycles. The van der Waals surface area contributed by atoms with Crippen LogP contribution in [0.4, 0.5) is 20.2 Å². The molecule has 1 aliphatic rings. The molecule has 3 rings (SSSR count). The molecule has 5 heteroatoms. The molecule has 2 aromatic carbocycles. The molecule has 0 saturated carbocycles. The predicted octanol–water partition coefficient (Wildman–Crippen LogP) is 2.68. The van der Waals surface area contributed by atoms with Gasteiger partial charge in [-0.25, -0.2) is 8.78 Å². The SMILES string of the molecule is Nc1ccc2c(c1)CCN2C(=O)Cc1ccc(F)cc1F. The van der Waals surface area contributed by atoms with E-state index in [1.807, 2.05) is 6.07 Å². The number of carbonyl (C=O) groups excluding carboxylic acids is 1. The molecule has 1 amide bonds. The van der Waals surface area contributed by atoms with Crippen LogP contribution in [0.5, 0.6) is 0 Å². The molecule has 0 spiro atoms. The fourth-order valence-corrected chi connectivity index (χ4v) is 2.60. The summed E-state index contributed by atoms with van der Waals surface area (Å²) in [5, 5.41) is 0. The van der Waals surface area contributed by atoms with Crippen molar-refractivity contribution in [2.75, 3.05) is 17.2 Å². The second-order valence-corrected chi connectivity index (χ2v) is 5.10. The Kier molecular flexibility index (Phi) is 3.33. The van der Waals surface area contributed by atoms with Crippen molar-refractivity contribution in [2.24, 2.45) is 0 Å². The highest BCUT2D eigenvalue weighted by Crippen LogP contribution is 2.30. The Morgan fingerprint density at radius 3 is 2.76 bits per heavy atom. The Morgan fingerprint density at radius 2 is 2.00 bits per heavy atom. The van der Waals surface area contributed by atoms with Crippen LogP contribution in [0.15, 0.2) is 36.4 Å². The number of nitrogen functional groups attached to an aromatic ring is 1. The summed E-state index contributed by atoms with van der Waals surface area (Å²) in [5.41, 5.74) is 8.41. The summed E-state index contributed by atoms with van der Waals surface area (Å²) in [4.78, 5) is 14.0. The third-order valence-electron chi connectivity index (χ3n) is 3.66. The molecule has 2 N–H and O–H groups in total. The van der Waals surface area contributed by atoms with Gasteiger partial charge in [0.05, 0.1) is 6.42 Å². The van der Waals surface area contributed by atoms with E-state index in [-0.39, 0.29) is 17.9 Å². The monoisotopic (exact) mass is 288 g/mol. The number of carbonyl (C=O) groups is 1. The molecule has 3 nitrogen and oxygen atoms in total. The van der Waals surface area contributed by atoms with Crippen molar-refractivity contribution >= 4 is 17.3 Å². The van der Waals surface area contributed by atoms with E-state index in [0.717, 1.165) is 29.8 Å². The molecule has 108 valence electrons. The van der Waals surface area contributed by atoms with Gasteiger partial charge in [-0.05, 0) is 41.8 Å². The van der Waals surface area contributed by atoms with Crippen LogP contribution in [0.3, 0.4) is 0 Å². The van der Waals surface area contributed by atoms with Crippen molar-refractivity contribution < 1.29 is 13.6 Å². The fraction of sp³-hybridized carbons (Fsp3) is 0.188. The van der Waals surface area contributed by atoms with E-state index in [9.17, 15) is 13.6 Å². The van der Waals surface area contributed by atoms with Crippen LogP contribution in [0.1, 0.15) is 11.1 Å². The van der Waals surface area contributed by atoms with E-state index in [1.165, 1.54) is 6.07 Å². The van der Waals surface area contributed by atoms with Crippen LogP contribution < -0.4 is 10.6 Å². The van der Waals surface area contributed by atoms with Gasteiger partial charge in [0.15, 0.2) is 0 Å². The summed E-state index contributed by atoms with van der Waals surface area (Å²) in [5.74, 6) is -1.55. The molecule has 21 heavy (non-hydrogen) atoms. The minimum absolute atomic E-state index is 0.0874. The largest absolute Gasteiger partial charge is 0.399 e. The molecule has 1 heterocycles. The highest BCUT2D eigenvalue weighted by atomic mass is 19.1. The van der Waals surface area contributed by atoms with Gasteiger partial charge in [-0.1, -0.05) is 6.07 Å². The van der Waals surface area contributed by atoms with Gasteiger partial charge >= 0.3 is 0 Å². The number of hydrogen-bond acceptors (Lipinski definition) is 2. The van der Waals surface area contributed by atoms with Crippen molar-refractivity contribution in [1.29, 1.82) is 0 Å². The highest BCUT2D eigenvalue weighted by molar-refractivity contribution is 5.97. The molecule has 0 unspecified atom stereocenters. The Bertz CT molecular complexity index is 715. The number of anilines is 2. The summed E-state index contributed by atoms with van der Waals surface area (Å²) < 4.78 is 26.5. The van der Waals surface area contributed by atoms with Crippen LogP contribution in [0, 0.1) is 11.6 Å². The third kappa shape index (κ3) is 2.59. The number of fused-ring (bicyclic) bond motifs is 1. The molecule has 2 aromatic rings. The number of rotatable bonds is 2. The lowest BCUT2D eigenvalue weighted by atomic mass is 10.1. The molecule has 0 atom stereocenters. The van der Waals surface area contributed by atoms with Crippen molar-refractivity contribution in [3.05, 3.63) is 59.2 Å². The normalized spacial score (nSPS) is 13.3. The van der Waals surface area contributed by atoms with Gasteiger partial charge in [-0.15, -0.1) is 0 Å². The predicted molar refractivity (Wildman–Crippen MR) is 77.0 cm³/mol. The summed E-state index contributed by atoms with van der Waals surface area (Å²) in [6.45, 7) is 0.556. The number of benzene rings is 2. The maximum Gasteiger partial charge on any atom is 0.231 e. The topological polar surface area (TPSA) is 46.3 Å². The standard InChI is InChI=1S/C16H14F2N2O/c17-12-2-1-10(14(18)9-12)8-16(21)20-6-5-11-7-13(19)3-4-15(11)20/h1-4,7,9H,5-6,8,19H2. The lowest BCUT2D eigenvalue weighted by Crippen LogP contribution is -2.30. The first-order valence-corrected chi connectivity index (χ1v) is 6.67. The maximum absolute atomic E-state index is 13.6. The molecule has 0 saturated heterocycles. The average molecular weight is 288 g/mol. The zero-order chi connectivity index (χ0) is 15.0. The average Bonchev–Trinajstić information content (AvgIpc) is 2.84. The number of nitrogens with zero attached hydrogens (tertiary/aromatic N) is 1. The van der Waals surface area contributed by atoms with Crippen molar-refractivity contribution in [3.8, 4) is 0 Å². The first-order chi connectivity index (χ1) is 10.0. The van der Waals surface area contributed by atoms with Gasteiger partial charge in [-0.2, -0.15) is 0 Å². The van der Waals surface area contributed by atoms with Crippen molar-refractivity contribution in [2.45, 2.75) is 12.8 Å². The Labute approximate surface area is 121 Å². The number of amides is 1. The fourth-order valence-electron chi connectivity index (χ4n) is 2.60. The van der Waals surface area contributed by atoms with Crippen molar-refractivity contribution in [1.82, 2.24) is 0 Å². The van der Waals surface area contributed by atoms with Gasteiger partial charge in [0, 0.05) is 24.0 Å². The summed E-state index contributed by atoms with van der Waals surface area (Å²) >= 11 is 0. The first kappa shape index (κ1) is 13.5.